The second-order valence-electron chi connectivity index (χ2n) is 7.45. The first-order valence-electron chi connectivity index (χ1n) is 10.7. The number of rotatable bonds is 9. The van der Waals surface area contributed by atoms with Gasteiger partial charge in [-0.15, -0.1) is 10.2 Å². The molecule has 1 atom stereocenters. The first-order valence-corrected chi connectivity index (χ1v) is 10.7. The highest BCUT2D eigenvalue weighted by Crippen LogP contribution is 2.31. The maximum absolute atomic E-state index is 12.9. The average Bonchev–Trinajstić information content (AvgIpc) is 3.45. The number of urea groups is 1. The zero-order valence-corrected chi connectivity index (χ0v) is 18.9. The van der Waals surface area contributed by atoms with E-state index in [2.05, 4.69) is 32.9 Å². The molecule has 0 spiro atoms. The molecule has 10 nitrogen and oxygen atoms in total. The van der Waals surface area contributed by atoms with Crippen molar-refractivity contribution in [3.8, 4) is 11.5 Å². The van der Waals surface area contributed by atoms with Gasteiger partial charge in [-0.05, 0) is 24.6 Å². The van der Waals surface area contributed by atoms with Crippen molar-refractivity contribution in [2.75, 3.05) is 19.5 Å². The van der Waals surface area contributed by atoms with Crippen LogP contribution in [-0.4, -0.2) is 44.6 Å². The second-order valence-corrected chi connectivity index (χ2v) is 7.45. The van der Waals surface area contributed by atoms with Gasteiger partial charge < -0.3 is 14.8 Å². The van der Waals surface area contributed by atoms with Crippen LogP contribution in [0.5, 0.6) is 11.5 Å². The summed E-state index contributed by atoms with van der Waals surface area (Å²) in [6.07, 6.45) is 5.13. The SMILES string of the molecule is CCCC(NC(=O)Nc1ccnn1Cc1cccc(OC)c1OC)c1nnc2ccccn12. The summed E-state index contributed by atoms with van der Waals surface area (Å²) in [5.74, 6) is 2.51. The Morgan fingerprint density at radius 1 is 1.09 bits per heavy atom. The number of benzene rings is 1. The van der Waals surface area contributed by atoms with Crippen LogP contribution in [0.2, 0.25) is 0 Å². The number of pyridine rings is 1. The van der Waals surface area contributed by atoms with Crippen LogP contribution in [0.25, 0.3) is 5.65 Å². The molecule has 0 radical (unpaired) electrons. The topological polar surface area (TPSA) is 108 Å². The third-order valence-electron chi connectivity index (χ3n) is 5.30. The molecule has 0 bridgehead atoms. The van der Waals surface area contributed by atoms with E-state index in [-0.39, 0.29) is 12.1 Å². The lowest BCUT2D eigenvalue weighted by Gasteiger charge is -2.18. The molecule has 1 aromatic carbocycles. The summed E-state index contributed by atoms with van der Waals surface area (Å²) in [7, 11) is 3.19. The zero-order valence-electron chi connectivity index (χ0n) is 18.9. The molecule has 0 aliphatic rings. The van der Waals surface area contributed by atoms with Crippen molar-refractivity contribution in [1.82, 2.24) is 29.7 Å². The van der Waals surface area contributed by atoms with Gasteiger partial charge in [0.1, 0.15) is 5.82 Å². The molecular weight excluding hydrogens is 422 g/mol. The molecule has 172 valence electrons. The molecule has 1 unspecified atom stereocenters. The molecule has 0 saturated carbocycles. The third-order valence-corrected chi connectivity index (χ3v) is 5.30. The van der Waals surface area contributed by atoms with Gasteiger partial charge in [0.2, 0.25) is 0 Å². The van der Waals surface area contributed by atoms with Gasteiger partial charge in [-0.2, -0.15) is 5.10 Å². The molecule has 0 aliphatic carbocycles. The van der Waals surface area contributed by atoms with Crippen molar-refractivity contribution < 1.29 is 14.3 Å². The number of hydrogen-bond donors (Lipinski definition) is 2. The van der Waals surface area contributed by atoms with Crippen LogP contribution < -0.4 is 20.1 Å². The lowest BCUT2D eigenvalue weighted by Crippen LogP contribution is -2.34. The van der Waals surface area contributed by atoms with Crippen LogP contribution in [0.4, 0.5) is 10.6 Å². The van der Waals surface area contributed by atoms with Gasteiger partial charge in [0.25, 0.3) is 0 Å². The van der Waals surface area contributed by atoms with Crippen LogP contribution in [0, 0.1) is 0 Å². The number of ether oxygens (including phenoxy) is 2. The molecule has 0 fully saturated rings. The first-order chi connectivity index (χ1) is 16.1. The monoisotopic (exact) mass is 449 g/mol. The van der Waals surface area contributed by atoms with E-state index in [4.69, 9.17) is 9.47 Å². The van der Waals surface area contributed by atoms with Gasteiger partial charge in [-0.1, -0.05) is 31.5 Å². The average molecular weight is 450 g/mol. The van der Waals surface area contributed by atoms with Crippen LogP contribution in [0.3, 0.4) is 0 Å². The van der Waals surface area contributed by atoms with Crippen LogP contribution in [0.1, 0.15) is 37.2 Å². The number of aromatic nitrogens is 5. The van der Waals surface area contributed by atoms with E-state index in [0.29, 0.717) is 29.7 Å². The van der Waals surface area contributed by atoms with E-state index < -0.39 is 0 Å². The quantitative estimate of drug-likeness (QED) is 0.404. The number of carbonyl (C=O) groups is 1. The Kier molecular flexibility index (Phi) is 6.72. The van der Waals surface area contributed by atoms with Gasteiger partial charge in [-0.25, -0.2) is 9.48 Å². The summed E-state index contributed by atoms with van der Waals surface area (Å²) in [5.41, 5.74) is 1.61. The Morgan fingerprint density at radius 3 is 2.76 bits per heavy atom. The minimum atomic E-state index is -0.347. The Labute approximate surface area is 191 Å². The summed E-state index contributed by atoms with van der Waals surface area (Å²) in [5, 5.41) is 18.8. The maximum atomic E-state index is 12.9. The van der Waals surface area contributed by atoms with E-state index in [1.807, 2.05) is 47.0 Å². The van der Waals surface area contributed by atoms with E-state index in [1.54, 1.807) is 31.2 Å². The number of nitrogens with one attached hydrogen (secondary N) is 2. The fourth-order valence-electron chi connectivity index (χ4n) is 3.77. The van der Waals surface area contributed by atoms with Crippen molar-refractivity contribution in [2.45, 2.75) is 32.4 Å². The first kappa shape index (κ1) is 22.1. The third kappa shape index (κ3) is 4.74. The highest BCUT2D eigenvalue weighted by molar-refractivity contribution is 5.88. The summed E-state index contributed by atoms with van der Waals surface area (Å²) in [6, 6.07) is 12.5. The number of methoxy groups -OCH3 is 2. The number of amides is 2. The lowest BCUT2D eigenvalue weighted by molar-refractivity contribution is 0.247. The summed E-state index contributed by atoms with van der Waals surface area (Å²) in [6.45, 7) is 2.46. The molecule has 4 aromatic rings. The fraction of sp³-hybridized carbons (Fsp3) is 0.304. The number of nitrogens with zero attached hydrogens (tertiary/aromatic N) is 5. The number of hydrogen-bond acceptors (Lipinski definition) is 6. The van der Waals surface area contributed by atoms with Gasteiger partial charge in [0.15, 0.2) is 23.0 Å². The smallest absolute Gasteiger partial charge is 0.320 e. The predicted molar refractivity (Wildman–Crippen MR) is 124 cm³/mol. The largest absolute Gasteiger partial charge is 0.493 e. The lowest BCUT2D eigenvalue weighted by atomic mass is 10.1. The van der Waals surface area contributed by atoms with E-state index in [0.717, 1.165) is 24.1 Å². The number of anilines is 1. The second kappa shape index (κ2) is 10.0. The fourth-order valence-corrected chi connectivity index (χ4v) is 3.77. The number of carbonyl (C=O) groups excluding carboxylic acids is 1. The van der Waals surface area contributed by atoms with Crippen LogP contribution in [-0.2, 0) is 6.54 Å². The van der Waals surface area contributed by atoms with Crippen molar-refractivity contribution in [3.63, 3.8) is 0 Å². The van der Waals surface area contributed by atoms with Crippen molar-refractivity contribution >= 4 is 17.5 Å². The Balaban J connectivity index is 1.50. The summed E-state index contributed by atoms with van der Waals surface area (Å²) >= 11 is 0. The molecule has 3 heterocycles. The minimum Gasteiger partial charge on any atom is -0.493 e. The number of para-hydroxylation sites is 1. The Hall–Kier alpha value is -4.08. The van der Waals surface area contributed by atoms with Crippen molar-refractivity contribution in [2.24, 2.45) is 0 Å². The van der Waals surface area contributed by atoms with Crippen LogP contribution in [0.15, 0.2) is 54.9 Å². The van der Waals surface area contributed by atoms with Gasteiger partial charge in [0.05, 0.1) is 33.0 Å². The predicted octanol–water partition coefficient (Wildman–Crippen LogP) is 3.65. The maximum Gasteiger partial charge on any atom is 0.320 e. The van der Waals surface area contributed by atoms with Gasteiger partial charge in [-0.3, -0.25) is 9.72 Å². The molecule has 10 heteroatoms. The summed E-state index contributed by atoms with van der Waals surface area (Å²) < 4.78 is 14.5. The Bertz CT molecular complexity index is 1230. The Morgan fingerprint density at radius 2 is 1.97 bits per heavy atom. The van der Waals surface area contributed by atoms with Crippen LogP contribution >= 0.6 is 0 Å². The highest BCUT2D eigenvalue weighted by atomic mass is 16.5. The van der Waals surface area contributed by atoms with E-state index in [1.165, 1.54) is 0 Å². The number of fused-ring (bicyclic) bond motifs is 1. The highest BCUT2D eigenvalue weighted by Gasteiger charge is 2.20. The van der Waals surface area contributed by atoms with E-state index >= 15 is 0 Å². The molecular formula is C23H27N7O3. The molecule has 2 N–H and O–H groups in total. The normalized spacial score (nSPS) is 11.8. The molecule has 33 heavy (non-hydrogen) atoms. The van der Waals surface area contributed by atoms with Gasteiger partial charge >= 0.3 is 6.03 Å². The molecule has 4 rings (SSSR count). The molecule has 0 aliphatic heterocycles. The standard InChI is InChI=1S/C23H27N7O3/c1-4-8-17(22-28-27-20-11-5-6-14-29(20)22)25-23(31)26-19-12-13-24-30(19)15-16-9-7-10-18(32-2)21(16)33-3/h5-7,9-14,17H,4,8,15H2,1-3H3,(H2,25,26,31). The zero-order chi connectivity index (χ0) is 23.2. The van der Waals surface area contributed by atoms with Crippen molar-refractivity contribution in [3.05, 3.63) is 66.2 Å². The molecule has 0 saturated heterocycles. The summed E-state index contributed by atoms with van der Waals surface area (Å²) in [4.78, 5) is 12.9. The molecule has 3 aromatic heterocycles. The van der Waals surface area contributed by atoms with E-state index in [9.17, 15) is 4.79 Å². The van der Waals surface area contributed by atoms with Crippen molar-refractivity contribution in [1.29, 1.82) is 0 Å². The van der Waals surface area contributed by atoms with Gasteiger partial charge in [0, 0.05) is 17.8 Å². The molecule has 2 amide bonds. The minimum absolute atomic E-state index is 0.290.